The Morgan fingerprint density at radius 2 is 1.88 bits per heavy atom. The van der Waals surface area contributed by atoms with Crippen molar-refractivity contribution in [2.75, 3.05) is 13.7 Å². The van der Waals surface area contributed by atoms with Gasteiger partial charge in [0.25, 0.3) is 0 Å². The molecule has 3 heteroatoms. The van der Waals surface area contributed by atoms with E-state index in [4.69, 9.17) is 4.74 Å². The molecule has 0 radical (unpaired) electrons. The number of rotatable bonds is 9. The van der Waals surface area contributed by atoms with E-state index in [1.807, 2.05) is 17.0 Å². The van der Waals surface area contributed by atoms with Crippen LogP contribution in [0.25, 0.3) is 0 Å². The van der Waals surface area contributed by atoms with E-state index in [9.17, 15) is 4.79 Å². The molecule has 140 valence electrons. The molecule has 1 aliphatic carbocycles. The maximum atomic E-state index is 12.7. The van der Waals surface area contributed by atoms with E-state index < -0.39 is 0 Å². The van der Waals surface area contributed by atoms with Gasteiger partial charge >= 0.3 is 0 Å². The first kappa shape index (κ1) is 19.8. The van der Waals surface area contributed by atoms with Crippen LogP contribution in [0.1, 0.15) is 70.8 Å². The van der Waals surface area contributed by atoms with Gasteiger partial charge in [0.05, 0.1) is 7.11 Å². The normalized spacial score (nSPS) is 16.4. The average Bonchev–Trinajstić information content (AvgIpc) is 2.64. The summed E-state index contributed by atoms with van der Waals surface area (Å²) in [6.45, 7) is 5.04. The van der Waals surface area contributed by atoms with Crippen LogP contribution in [0.4, 0.5) is 0 Å². The molecular formula is C22H35NO2. The van der Waals surface area contributed by atoms with Gasteiger partial charge in [0.2, 0.25) is 5.91 Å². The predicted octanol–water partition coefficient (Wildman–Crippen LogP) is 5.23. The Hall–Kier alpha value is -1.51. The van der Waals surface area contributed by atoms with E-state index in [0.29, 0.717) is 12.3 Å². The molecule has 3 nitrogen and oxygen atoms in total. The summed E-state index contributed by atoms with van der Waals surface area (Å²) in [7, 11) is 1.68. The first-order chi connectivity index (χ1) is 12.1. The van der Waals surface area contributed by atoms with Crippen molar-refractivity contribution in [1.29, 1.82) is 0 Å². The molecule has 1 unspecified atom stereocenters. The first-order valence-electron chi connectivity index (χ1n) is 10.1. The van der Waals surface area contributed by atoms with Crippen molar-refractivity contribution >= 4 is 5.91 Å². The van der Waals surface area contributed by atoms with Gasteiger partial charge < -0.3 is 9.64 Å². The van der Waals surface area contributed by atoms with Crippen molar-refractivity contribution in [3.8, 4) is 5.75 Å². The highest BCUT2D eigenvalue weighted by Gasteiger charge is 2.19. The topological polar surface area (TPSA) is 29.5 Å². The molecule has 1 aliphatic rings. The first-order valence-corrected chi connectivity index (χ1v) is 10.1. The Morgan fingerprint density at radius 3 is 2.48 bits per heavy atom. The number of ether oxygens (including phenoxy) is 1. The van der Waals surface area contributed by atoms with E-state index in [1.54, 1.807) is 7.11 Å². The Balaban J connectivity index is 1.78. The minimum Gasteiger partial charge on any atom is -0.497 e. The number of hydrogen-bond acceptors (Lipinski definition) is 2. The van der Waals surface area contributed by atoms with Crippen molar-refractivity contribution in [2.24, 2.45) is 5.92 Å². The predicted molar refractivity (Wildman–Crippen MR) is 104 cm³/mol. The average molecular weight is 346 g/mol. The smallest absolute Gasteiger partial charge is 0.222 e. The number of methoxy groups -OCH3 is 1. The van der Waals surface area contributed by atoms with Crippen LogP contribution >= 0.6 is 0 Å². The van der Waals surface area contributed by atoms with Crippen molar-refractivity contribution in [3.63, 3.8) is 0 Å². The summed E-state index contributed by atoms with van der Waals surface area (Å²) in [5, 5.41) is 0. The van der Waals surface area contributed by atoms with E-state index >= 15 is 0 Å². The number of nitrogens with zero attached hydrogens (tertiary/aromatic N) is 1. The number of hydrogen-bond donors (Lipinski definition) is 0. The highest BCUT2D eigenvalue weighted by atomic mass is 16.5. The number of likely N-dealkylation sites (N-methyl/N-ethyl adjacent to an activating group) is 1. The highest BCUT2D eigenvalue weighted by Crippen LogP contribution is 2.28. The summed E-state index contributed by atoms with van der Waals surface area (Å²) >= 11 is 0. The van der Waals surface area contributed by atoms with Gasteiger partial charge in [0.1, 0.15) is 5.75 Å². The number of carbonyl (C=O) groups is 1. The van der Waals surface area contributed by atoms with Gasteiger partial charge in [-0.05, 0) is 56.7 Å². The summed E-state index contributed by atoms with van der Waals surface area (Å²) in [6.07, 6.45) is 10.8. The van der Waals surface area contributed by atoms with Crippen LogP contribution in [0.3, 0.4) is 0 Å². The fraction of sp³-hybridized carbons (Fsp3) is 0.682. The molecule has 0 heterocycles. The summed E-state index contributed by atoms with van der Waals surface area (Å²) in [4.78, 5) is 14.7. The number of amides is 1. The standard InChI is InChI=1S/C22H35NO2/c1-4-23(18(2)17-20-13-15-21(25-3)16-14-20)22(24)12-8-11-19-9-6-5-7-10-19/h13-16,18-19H,4-12,17H2,1-3H3. The van der Waals surface area contributed by atoms with Gasteiger partial charge in [-0.1, -0.05) is 44.2 Å². The van der Waals surface area contributed by atoms with Crippen molar-refractivity contribution < 1.29 is 9.53 Å². The molecule has 1 amide bonds. The largest absolute Gasteiger partial charge is 0.497 e. The molecule has 0 bridgehead atoms. The molecular weight excluding hydrogens is 310 g/mol. The van der Waals surface area contributed by atoms with E-state index in [2.05, 4.69) is 26.0 Å². The summed E-state index contributed by atoms with van der Waals surface area (Å²) in [5.74, 6) is 2.07. The summed E-state index contributed by atoms with van der Waals surface area (Å²) < 4.78 is 5.21. The lowest BCUT2D eigenvalue weighted by Gasteiger charge is -2.29. The van der Waals surface area contributed by atoms with Gasteiger partial charge in [0, 0.05) is 19.0 Å². The zero-order valence-corrected chi connectivity index (χ0v) is 16.3. The summed E-state index contributed by atoms with van der Waals surface area (Å²) in [6, 6.07) is 8.41. The maximum absolute atomic E-state index is 12.7. The van der Waals surface area contributed by atoms with Gasteiger partial charge in [-0.2, -0.15) is 0 Å². The molecule has 1 saturated carbocycles. The van der Waals surface area contributed by atoms with Crippen molar-refractivity contribution in [3.05, 3.63) is 29.8 Å². The van der Waals surface area contributed by atoms with Crippen LogP contribution in [-0.2, 0) is 11.2 Å². The Labute approximate surface area is 153 Å². The van der Waals surface area contributed by atoms with Gasteiger partial charge in [0.15, 0.2) is 0 Å². The second kappa shape index (κ2) is 10.5. The molecule has 1 atom stereocenters. The molecule has 1 aromatic carbocycles. The van der Waals surface area contributed by atoms with Crippen molar-refractivity contribution in [2.45, 2.75) is 77.7 Å². The lowest BCUT2D eigenvalue weighted by atomic mass is 9.86. The minimum atomic E-state index is 0.237. The molecule has 0 N–H and O–H groups in total. The second-order valence-corrected chi connectivity index (χ2v) is 7.48. The van der Waals surface area contributed by atoms with Crippen LogP contribution in [0, 0.1) is 5.92 Å². The molecule has 2 rings (SSSR count). The van der Waals surface area contributed by atoms with Crippen LogP contribution in [-0.4, -0.2) is 30.5 Å². The Morgan fingerprint density at radius 1 is 1.20 bits per heavy atom. The van der Waals surface area contributed by atoms with Crippen molar-refractivity contribution in [1.82, 2.24) is 4.90 Å². The lowest BCUT2D eigenvalue weighted by Crippen LogP contribution is -2.39. The molecule has 0 spiro atoms. The van der Waals surface area contributed by atoms with Crippen LogP contribution in [0.15, 0.2) is 24.3 Å². The molecule has 1 aromatic rings. The van der Waals surface area contributed by atoms with Crippen LogP contribution in [0.2, 0.25) is 0 Å². The molecule has 0 aromatic heterocycles. The monoisotopic (exact) mass is 345 g/mol. The number of carbonyl (C=O) groups excluding carboxylic acids is 1. The van der Waals surface area contributed by atoms with E-state index in [0.717, 1.165) is 31.1 Å². The van der Waals surface area contributed by atoms with Gasteiger partial charge in [-0.15, -0.1) is 0 Å². The highest BCUT2D eigenvalue weighted by molar-refractivity contribution is 5.76. The number of benzene rings is 1. The Bertz CT molecular complexity index is 505. The third kappa shape index (κ3) is 6.37. The summed E-state index contributed by atoms with van der Waals surface area (Å²) in [5.41, 5.74) is 1.25. The second-order valence-electron chi connectivity index (χ2n) is 7.48. The lowest BCUT2D eigenvalue weighted by molar-refractivity contribution is -0.133. The molecule has 0 saturated heterocycles. The fourth-order valence-corrected chi connectivity index (χ4v) is 4.11. The van der Waals surface area contributed by atoms with E-state index in [-0.39, 0.29) is 6.04 Å². The van der Waals surface area contributed by atoms with Crippen LogP contribution in [0.5, 0.6) is 5.75 Å². The van der Waals surface area contributed by atoms with Crippen LogP contribution < -0.4 is 4.74 Å². The third-order valence-corrected chi connectivity index (χ3v) is 5.61. The zero-order chi connectivity index (χ0) is 18.1. The quantitative estimate of drug-likeness (QED) is 0.613. The molecule has 0 aliphatic heterocycles. The third-order valence-electron chi connectivity index (χ3n) is 5.61. The SMILES string of the molecule is CCN(C(=O)CCCC1CCCCC1)C(C)Cc1ccc(OC)cc1. The zero-order valence-electron chi connectivity index (χ0n) is 16.3. The fourth-order valence-electron chi connectivity index (χ4n) is 4.11. The maximum Gasteiger partial charge on any atom is 0.222 e. The molecule has 25 heavy (non-hydrogen) atoms. The van der Waals surface area contributed by atoms with Gasteiger partial charge in [-0.25, -0.2) is 0 Å². The van der Waals surface area contributed by atoms with Gasteiger partial charge in [-0.3, -0.25) is 4.79 Å². The van der Waals surface area contributed by atoms with E-state index in [1.165, 1.54) is 44.1 Å². The minimum absolute atomic E-state index is 0.237. The molecule has 1 fully saturated rings. The Kier molecular flexibility index (Phi) is 8.30.